The number of benzene rings is 1. The molecule has 1 aliphatic carbocycles. The summed E-state index contributed by atoms with van der Waals surface area (Å²) in [6.07, 6.45) is 10.0. The number of carbonyl (C=O) groups excluding carboxylic acids is 2. The van der Waals surface area contributed by atoms with Gasteiger partial charge in [0, 0.05) is 12.2 Å². The Morgan fingerprint density at radius 3 is 2.22 bits per heavy atom. The van der Waals surface area contributed by atoms with Crippen LogP contribution >= 0.6 is 0 Å². The van der Waals surface area contributed by atoms with Crippen molar-refractivity contribution < 1.29 is 33.7 Å². The van der Waals surface area contributed by atoms with Crippen LogP contribution in [0.5, 0.6) is 5.75 Å². The summed E-state index contributed by atoms with van der Waals surface area (Å²) < 4.78 is 16.0. The number of carboxylic acid groups (broad SMARTS) is 1. The molecule has 1 aromatic rings. The normalized spacial score (nSPS) is 18.1. The van der Waals surface area contributed by atoms with Crippen LogP contribution in [0, 0.1) is 5.92 Å². The Kier molecular flexibility index (Phi) is 11.1. The Bertz CT molecular complexity index is 774. The largest absolute Gasteiger partial charge is 0.494 e. The van der Waals surface area contributed by atoms with Crippen molar-refractivity contribution in [2.24, 2.45) is 5.92 Å². The average molecular weight is 445 g/mol. The van der Waals surface area contributed by atoms with E-state index in [1.165, 1.54) is 6.08 Å². The molecule has 174 valence electrons. The number of aliphatic carboxylic acids is 1. The van der Waals surface area contributed by atoms with E-state index in [-0.39, 0.29) is 18.0 Å². The molecule has 0 spiro atoms. The molecule has 7 nitrogen and oxygen atoms in total. The van der Waals surface area contributed by atoms with Crippen LogP contribution in [0.25, 0.3) is 6.08 Å². The van der Waals surface area contributed by atoms with E-state index >= 15 is 0 Å². The second-order valence-electron chi connectivity index (χ2n) is 7.79. The third kappa shape index (κ3) is 9.81. The van der Waals surface area contributed by atoms with E-state index in [2.05, 4.69) is 6.58 Å². The van der Waals surface area contributed by atoms with Crippen LogP contribution in [-0.4, -0.2) is 42.3 Å². The summed E-state index contributed by atoms with van der Waals surface area (Å²) in [5, 5.41) is 9.01. The number of carbonyl (C=O) groups is 3. The fourth-order valence-electron chi connectivity index (χ4n) is 3.45. The summed E-state index contributed by atoms with van der Waals surface area (Å²) in [5.41, 5.74) is 0.859. The van der Waals surface area contributed by atoms with Gasteiger partial charge in [-0.2, -0.15) is 0 Å². The van der Waals surface area contributed by atoms with E-state index in [0.717, 1.165) is 43.1 Å². The SMILES string of the molecule is C=CC(=O)OCCCCCCOc1ccc(/C=C/C(=O)OC2CCC(C(=O)O)CC2)cc1. The standard InChI is InChI=1S/C25H32O7/c1-2-23(26)31-18-6-4-3-5-17-30-21-12-7-19(8-13-21)9-16-24(27)32-22-14-10-20(11-15-22)25(28)29/h2,7-9,12-13,16,20,22H,1,3-6,10-11,14-15,17-18H2,(H,28,29)/b16-9+. The summed E-state index contributed by atoms with van der Waals surface area (Å²) in [4.78, 5) is 33.9. The predicted octanol–water partition coefficient (Wildman–Crippen LogP) is 4.55. The molecule has 0 atom stereocenters. The third-order valence-electron chi connectivity index (χ3n) is 5.32. The van der Waals surface area contributed by atoms with Crippen LogP contribution in [0.1, 0.15) is 56.9 Å². The van der Waals surface area contributed by atoms with Gasteiger partial charge in [0.15, 0.2) is 0 Å². The Morgan fingerprint density at radius 2 is 1.59 bits per heavy atom. The lowest BCUT2D eigenvalue weighted by molar-refractivity contribution is -0.148. The van der Waals surface area contributed by atoms with E-state index in [4.69, 9.17) is 19.3 Å². The summed E-state index contributed by atoms with van der Waals surface area (Å²) in [5.74, 6) is -1.13. The molecule has 1 aromatic carbocycles. The second kappa shape index (κ2) is 14.1. The van der Waals surface area contributed by atoms with Crippen molar-refractivity contribution in [1.82, 2.24) is 0 Å². The number of hydrogen-bond acceptors (Lipinski definition) is 6. The maximum Gasteiger partial charge on any atom is 0.331 e. The lowest BCUT2D eigenvalue weighted by Crippen LogP contribution is -2.27. The van der Waals surface area contributed by atoms with Gasteiger partial charge in [-0.1, -0.05) is 18.7 Å². The highest BCUT2D eigenvalue weighted by Gasteiger charge is 2.27. The van der Waals surface area contributed by atoms with Crippen LogP contribution in [0.2, 0.25) is 0 Å². The van der Waals surface area contributed by atoms with Gasteiger partial charge in [-0.15, -0.1) is 0 Å². The molecule has 0 saturated heterocycles. The first-order chi connectivity index (χ1) is 15.5. The smallest absolute Gasteiger partial charge is 0.331 e. The molecule has 7 heteroatoms. The zero-order valence-electron chi connectivity index (χ0n) is 18.4. The van der Waals surface area contributed by atoms with Crippen molar-refractivity contribution in [3.8, 4) is 5.75 Å². The molecular weight excluding hydrogens is 412 g/mol. The molecule has 0 radical (unpaired) electrons. The quantitative estimate of drug-likeness (QED) is 0.271. The van der Waals surface area contributed by atoms with Crippen LogP contribution in [-0.2, 0) is 23.9 Å². The molecule has 1 N–H and O–H groups in total. The zero-order valence-corrected chi connectivity index (χ0v) is 18.4. The van der Waals surface area contributed by atoms with E-state index in [1.54, 1.807) is 6.08 Å². The zero-order chi connectivity index (χ0) is 23.2. The highest BCUT2D eigenvalue weighted by molar-refractivity contribution is 5.87. The first kappa shape index (κ1) is 25.2. The van der Waals surface area contributed by atoms with Gasteiger partial charge < -0.3 is 19.3 Å². The minimum absolute atomic E-state index is 0.208. The van der Waals surface area contributed by atoms with Gasteiger partial charge in [0.2, 0.25) is 0 Å². The van der Waals surface area contributed by atoms with Crippen molar-refractivity contribution in [3.63, 3.8) is 0 Å². The number of ether oxygens (including phenoxy) is 3. The van der Waals surface area contributed by atoms with Gasteiger partial charge in [0.05, 0.1) is 19.1 Å². The fraction of sp³-hybridized carbons (Fsp3) is 0.480. The van der Waals surface area contributed by atoms with Crippen LogP contribution in [0.3, 0.4) is 0 Å². The number of esters is 2. The number of carboxylic acids is 1. The molecular formula is C25H32O7. The van der Waals surface area contributed by atoms with Gasteiger partial charge in [0.1, 0.15) is 11.9 Å². The summed E-state index contributed by atoms with van der Waals surface area (Å²) in [6.45, 7) is 4.38. The molecule has 0 aliphatic heterocycles. The van der Waals surface area contributed by atoms with Crippen LogP contribution in [0.15, 0.2) is 43.0 Å². The van der Waals surface area contributed by atoms with Crippen LogP contribution in [0.4, 0.5) is 0 Å². The molecule has 2 rings (SSSR count). The molecule has 1 saturated carbocycles. The van der Waals surface area contributed by atoms with E-state index < -0.39 is 11.9 Å². The second-order valence-corrected chi connectivity index (χ2v) is 7.79. The van der Waals surface area contributed by atoms with Crippen LogP contribution < -0.4 is 4.74 Å². The Balaban J connectivity index is 1.59. The predicted molar refractivity (Wildman–Crippen MR) is 120 cm³/mol. The van der Waals surface area contributed by atoms with Crippen molar-refractivity contribution in [3.05, 3.63) is 48.6 Å². The molecule has 1 fully saturated rings. The summed E-state index contributed by atoms with van der Waals surface area (Å²) in [7, 11) is 0. The molecule has 1 aliphatic rings. The number of hydrogen-bond donors (Lipinski definition) is 1. The first-order valence-corrected chi connectivity index (χ1v) is 11.1. The van der Waals surface area contributed by atoms with Gasteiger partial charge in [-0.25, -0.2) is 9.59 Å². The highest BCUT2D eigenvalue weighted by atomic mass is 16.5. The van der Waals surface area contributed by atoms with E-state index in [1.807, 2.05) is 24.3 Å². The van der Waals surface area contributed by atoms with Crippen molar-refractivity contribution >= 4 is 24.0 Å². The van der Waals surface area contributed by atoms with E-state index in [0.29, 0.717) is 38.9 Å². The van der Waals surface area contributed by atoms with E-state index in [9.17, 15) is 14.4 Å². The third-order valence-corrected chi connectivity index (χ3v) is 5.32. The lowest BCUT2D eigenvalue weighted by Gasteiger charge is -2.25. The number of unbranched alkanes of at least 4 members (excludes halogenated alkanes) is 3. The summed E-state index contributed by atoms with van der Waals surface area (Å²) in [6, 6.07) is 7.44. The van der Waals surface area contributed by atoms with Gasteiger partial charge in [0.25, 0.3) is 0 Å². The van der Waals surface area contributed by atoms with Gasteiger partial charge >= 0.3 is 17.9 Å². The average Bonchev–Trinajstić information content (AvgIpc) is 2.80. The number of rotatable bonds is 13. The van der Waals surface area contributed by atoms with Gasteiger partial charge in [-0.3, -0.25) is 4.79 Å². The molecule has 0 bridgehead atoms. The van der Waals surface area contributed by atoms with Crippen molar-refractivity contribution in [1.29, 1.82) is 0 Å². The highest BCUT2D eigenvalue weighted by Crippen LogP contribution is 2.26. The molecule has 0 unspecified atom stereocenters. The molecule has 0 amide bonds. The summed E-state index contributed by atoms with van der Waals surface area (Å²) >= 11 is 0. The fourth-order valence-corrected chi connectivity index (χ4v) is 3.45. The maximum absolute atomic E-state index is 12.0. The molecule has 0 aromatic heterocycles. The lowest BCUT2D eigenvalue weighted by atomic mass is 9.87. The Morgan fingerprint density at radius 1 is 0.938 bits per heavy atom. The molecule has 0 heterocycles. The molecule has 32 heavy (non-hydrogen) atoms. The van der Waals surface area contributed by atoms with Crippen molar-refractivity contribution in [2.45, 2.75) is 57.5 Å². The minimum Gasteiger partial charge on any atom is -0.494 e. The Labute approximate surface area is 189 Å². The first-order valence-electron chi connectivity index (χ1n) is 11.1. The topological polar surface area (TPSA) is 99.1 Å². The van der Waals surface area contributed by atoms with Crippen molar-refractivity contribution in [2.75, 3.05) is 13.2 Å². The Hall–Kier alpha value is -3.09. The minimum atomic E-state index is -0.772. The maximum atomic E-state index is 12.0. The monoisotopic (exact) mass is 444 g/mol. The van der Waals surface area contributed by atoms with Gasteiger partial charge in [-0.05, 0) is 75.1 Å².